The molecule has 2 aliphatic carbocycles. The van der Waals surface area contributed by atoms with E-state index in [1.165, 1.54) is 31.0 Å². The molecular weight excluding hydrogens is 527 g/mol. The molecule has 0 unspecified atom stereocenters. The number of nitrogens with zero attached hydrogens (tertiary/aromatic N) is 4. The number of nitro benzene ring substituents is 1. The Bertz CT molecular complexity index is 898. The number of nitro groups is 1. The van der Waals surface area contributed by atoms with Crippen molar-refractivity contribution in [3.63, 3.8) is 0 Å². The summed E-state index contributed by atoms with van der Waals surface area (Å²) in [5, 5.41) is 11.2. The number of rotatable bonds is 12. The predicted octanol–water partition coefficient (Wildman–Crippen LogP) is 6.34. The van der Waals surface area contributed by atoms with Crippen molar-refractivity contribution in [2.45, 2.75) is 96.6 Å². The predicted molar refractivity (Wildman–Crippen MR) is 154 cm³/mol. The summed E-state index contributed by atoms with van der Waals surface area (Å²) in [7, 11) is 0. The Hall–Kier alpha value is -1.90. The number of hydrogen-bond donors (Lipinski definition) is 0. The summed E-state index contributed by atoms with van der Waals surface area (Å²) < 4.78 is 0. The quantitative estimate of drug-likeness (QED) is 0.216. The van der Waals surface area contributed by atoms with Crippen molar-refractivity contribution in [2.75, 3.05) is 32.7 Å². The molecule has 1 aromatic carbocycles. The van der Waals surface area contributed by atoms with Crippen LogP contribution < -0.4 is 0 Å². The van der Waals surface area contributed by atoms with Gasteiger partial charge in [0.15, 0.2) is 0 Å². The van der Waals surface area contributed by atoms with Gasteiger partial charge in [-0.3, -0.25) is 19.7 Å². The van der Waals surface area contributed by atoms with Gasteiger partial charge in [0.05, 0.1) is 15.5 Å². The molecular formula is C28H44Cl2N4O4. The molecule has 0 heterocycles. The Morgan fingerprint density at radius 2 is 1.50 bits per heavy atom. The van der Waals surface area contributed by atoms with E-state index in [-0.39, 0.29) is 59.1 Å². The highest BCUT2D eigenvalue weighted by Gasteiger charge is 2.34. The van der Waals surface area contributed by atoms with E-state index in [9.17, 15) is 19.7 Å². The third kappa shape index (κ3) is 8.82. The smallest absolute Gasteiger partial charge is 0.270 e. The van der Waals surface area contributed by atoms with Crippen molar-refractivity contribution in [1.82, 2.24) is 14.7 Å². The molecule has 0 saturated heterocycles. The highest BCUT2D eigenvalue weighted by atomic mass is 35.5. The van der Waals surface area contributed by atoms with Gasteiger partial charge < -0.3 is 14.7 Å². The molecule has 38 heavy (non-hydrogen) atoms. The van der Waals surface area contributed by atoms with E-state index in [4.69, 9.17) is 11.6 Å². The molecule has 0 atom stereocenters. The Morgan fingerprint density at radius 1 is 0.947 bits per heavy atom. The minimum Gasteiger partial charge on any atom is -0.335 e. The average molecular weight is 572 g/mol. The second-order valence-electron chi connectivity index (χ2n) is 10.4. The fraction of sp³-hybridized carbons (Fsp3) is 0.714. The maximum atomic E-state index is 13.9. The second-order valence-corrected chi connectivity index (χ2v) is 10.8. The molecule has 10 heteroatoms. The molecule has 0 aliphatic heterocycles. The van der Waals surface area contributed by atoms with Gasteiger partial charge in [0, 0.05) is 30.8 Å². The van der Waals surface area contributed by atoms with Crippen LogP contribution in [0.3, 0.4) is 0 Å². The first-order valence-corrected chi connectivity index (χ1v) is 14.5. The van der Waals surface area contributed by atoms with E-state index in [1.807, 2.05) is 0 Å². The summed E-state index contributed by atoms with van der Waals surface area (Å²) in [6.07, 6.45) is 11.9. The zero-order chi connectivity index (χ0) is 26.8. The minimum atomic E-state index is -0.530. The third-order valence-electron chi connectivity index (χ3n) is 8.03. The van der Waals surface area contributed by atoms with Gasteiger partial charge >= 0.3 is 0 Å². The molecule has 2 amide bonds. The lowest BCUT2D eigenvalue weighted by Crippen LogP contribution is -2.53. The molecule has 2 aliphatic rings. The third-order valence-corrected chi connectivity index (χ3v) is 8.34. The van der Waals surface area contributed by atoms with E-state index in [2.05, 4.69) is 23.6 Å². The molecule has 214 valence electrons. The van der Waals surface area contributed by atoms with Gasteiger partial charge in [0.1, 0.15) is 6.54 Å². The van der Waals surface area contributed by atoms with Crippen molar-refractivity contribution >= 4 is 41.5 Å². The molecule has 0 bridgehead atoms. The maximum absolute atomic E-state index is 13.9. The van der Waals surface area contributed by atoms with Gasteiger partial charge in [-0.15, -0.1) is 12.4 Å². The van der Waals surface area contributed by atoms with Crippen molar-refractivity contribution in [1.29, 1.82) is 0 Å². The van der Waals surface area contributed by atoms with Crippen LogP contribution in [0.25, 0.3) is 0 Å². The molecule has 0 aromatic heterocycles. The monoisotopic (exact) mass is 570 g/mol. The number of benzene rings is 1. The fourth-order valence-electron chi connectivity index (χ4n) is 5.91. The number of non-ortho nitro benzene ring substituents is 1. The second kappa shape index (κ2) is 16.3. The molecule has 2 fully saturated rings. The average Bonchev–Trinajstić information content (AvgIpc) is 2.91. The lowest BCUT2D eigenvalue weighted by Gasteiger charge is -2.42. The van der Waals surface area contributed by atoms with Gasteiger partial charge in [-0.05, 0) is 57.8 Å². The van der Waals surface area contributed by atoms with Gasteiger partial charge in [-0.1, -0.05) is 64.0 Å². The fourth-order valence-corrected chi connectivity index (χ4v) is 6.16. The summed E-state index contributed by atoms with van der Waals surface area (Å²) in [5.41, 5.74) is 0.0382. The lowest BCUT2D eigenvalue weighted by atomic mass is 9.88. The van der Waals surface area contributed by atoms with Crippen LogP contribution in [0.4, 0.5) is 5.69 Å². The van der Waals surface area contributed by atoms with Crippen molar-refractivity contribution in [2.24, 2.45) is 0 Å². The van der Waals surface area contributed by atoms with Crippen LogP contribution in [0.15, 0.2) is 18.2 Å². The number of amides is 2. The van der Waals surface area contributed by atoms with E-state index >= 15 is 0 Å². The van der Waals surface area contributed by atoms with Crippen LogP contribution >= 0.6 is 24.0 Å². The number of carbonyl (C=O) groups excluding carboxylic acids is 2. The van der Waals surface area contributed by atoms with Crippen LogP contribution in [0.5, 0.6) is 0 Å². The summed E-state index contributed by atoms with van der Waals surface area (Å²) >= 11 is 6.33. The molecule has 0 N–H and O–H groups in total. The van der Waals surface area contributed by atoms with Gasteiger partial charge in [0.25, 0.3) is 11.6 Å². The summed E-state index contributed by atoms with van der Waals surface area (Å²) in [6, 6.07) is 4.41. The zero-order valence-corrected chi connectivity index (χ0v) is 24.5. The maximum Gasteiger partial charge on any atom is 0.270 e. The standard InChI is InChI=1S/C28H43ClN4O4.ClH/c1-3-30(4-2)18-11-19-31(28(35)25-17-16-24(33(36)37)20-26(25)29)21-27(34)32(22-12-7-5-8-13-22)23-14-9-6-10-15-23;/h16-17,20,22-23H,3-15,18-19,21H2,1-2H3;1H. The van der Waals surface area contributed by atoms with E-state index in [0.29, 0.717) is 6.54 Å². The first-order valence-electron chi connectivity index (χ1n) is 14.1. The van der Waals surface area contributed by atoms with Crippen LogP contribution in [0.1, 0.15) is 94.8 Å². The van der Waals surface area contributed by atoms with Gasteiger partial charge in [0.2, 0.25) is 5.91 Å². The Labute approximate surface area is 238 Å². The summed E-state index contributed by atoms with van der Waals surface area (Å²) in [4.78, 5) is 44.2. The molecule has 0 radical (unpaired) electrons. The summed E-state index contributed by atoms with van der Waals surface area (Å²) in [6.45, 7) is 7.34. The highest BCUT2D eigenvalue weighted by molar-refractivity contribution is 6.34. The van der Waals surface area contributed by atoms with Gasteiger partial charge in [-0.25, -0.2) is 0 Å². The lowest BCUT2D eigenvalue weighted by molar-refractivity contribution is -0.384. The largest absolute Gasteiger partial charge is 0.335 e. The SMILES string of the molecule is CCN(CC)CCCN(CC(=O)N(C1CCCCC1)C1CCCCC1)C(=O)c1ccc([N+](=O)[O-])cc1Cl.Cl. The number of hydrogen-bond acceptors (Lipinski definition) is 5. The normalized spacial score (nSPS) is 16.6. The van der Waals surface area contributed by atoms with Crippen LogP contribution in [-0.4, -0.2) is 76.2 Å². The van der Waals surface area contributed by atoms with Crippen LogP contribution in [0, 0.1) is 10.1 Å². The molecule has 2 saturated carbocycles. The molecule has 8 nitrogen and oxygen atoms in total. The topological polar surface area (TPSA) is 87.0 Å². The van der Waals surface area contributed by atoms with Crippen molar-refractivity contribution in [3.05, 3.63) is 38.9 Å². The molecule has 1 aromatic rings. The van der Waals surface area contributed by atoms with E-state index in [1.54, 1.807) is 4.90 Å². The van der Waals surface area contributed by atoms with E-state index in [0.717, 1.165) is 77.4 Å². The highest BCUT2D eigenvalue weighted by Crippen LogP contribution is 2.31. The Morgan fingerprint density at radius 3 is 1.97 bits per heavy atom. The summed E-state index contributed by atoms with van der Waals surface area (Å²) in [5.74, 6) is -0.326. The first kappa shape index (κ1) is 32.3. The molecule has 3 rings (SSSR count). The first-order chi connectivity index (χ1) is 17.8. The molecule has 0 spiro atoms. The van der Waals surface area contributed by atoms with Gasteiger partial charge in [-0.2, -0.15) is 0 Å². The van der Waals surface area contributed by atoms with Crippen molar-refractivity contribution < 1.29 is 14.5 Å². The Balaban J connectivity index is 0.00000507. The van der Waals surface area contributed by atoms with E-state index < -0.39 is 4.92 Å². The van der Waals surface area contributed by atoms with Crippen LogP contribution in [0.2, 0.25) is 5.02 Å². The number of halogens is 2. The number of carbonyl (C=O) groups is 2. The van der Waals surface area contributed by atoms with Crippen molar-refractivity contribution in [3.8, 4) is 0 Å². The minimum absolute atomic E-state index is 0. The Kier molecular flexibility index (Phi) is 13.8. The van der Waals surface area contributed by atoms with Crippen LogP contribution in [-0.2, 0) is 4.79 Å². The zero-order valence-electron chi connectivity index (χ0n) is 22.9.